The summed E-state index contributed by atoms with van der Waals surface area (Å²) in [6.45, 7) is 0.391. The van der Waals surface area contributed by atoms with E-state index in [1.165, 1.54) is 12.1 Å². The van der Waals surface area contributed by atoms with E-state index in [1.54, 1.807) is 0 Å². The van der Waals surface area contributed by atoms with Crippen LogP contribution in [0.15, 0.2) is 12.1 Å². The summed E-state index contributed by atoms with van der Waals surface area (Å²) < 4.78 is 0. The van der Waals surface area contributed by atoms with Gasteiger partial charge < -0.3 is 26.8 Å². The molecule has 6 heteroatoms. The lowest BCUT2D eigenvalue weighted by atomic mass is 10.0. The molecule has 0 radical (unpaired) electrons. The zero-order valence-corrected chi connectivity index (χ0v) is 8.87. The third kappa shape index (κ3) is 2.89. The van der Waals surface area contributed by atoms with E-state index in [-0.39, 0.29) is 23.9 Å². The zero-order valence-electron chi connectivity index (χ0n) is 8.05. The Bertz CT molecular complexity index is 333. The molecule has 0 spiro atoms. The second-order valence-electron chi connectivity index (χ2n) is 3.05. The fourth-order valence-corrected chi connectivity index (χ4v) is 1.22. The molecule has 15 heavy (non-hydrogen) atoms. The molecule has 7 N–H and O–H groups in total. The molecule has 0 amide bonds. The predicted molar refractivity (Wildman–Crippen MR) is 59.3 cm³/mol. The van der Waals surface area contributed by atoms with Crippen LogP contribution in [0.25, 0.3) is 0 Å². The highest BCUT2D eigenvalue weighted by Crippen LogP contribution is 2.39. The number of phenolic OH excluding ortho intramolecular Hbond substituents is 3. The molecule has 0 aliphatic carbocycles. The van der Waals surface area contributed by atoms with Crippen molar-refractivity contribution in [3.05, 3.63) is 17.7 Å². The maximum absolute atomic E-state index is 9.44. The minimum Gasteiger partial charge on any atom is -0.504 e. The van der Waals surface area contributed by atoms with E-state index in [4.69, 9.17) is 16.6 Å². The van der Waals surface area contributed by atoms with Gasteiger partial charge in [0.25, 0.3) is 0 Å². The Morgan fingerprint density at radius 2 is 1.73 bits per heavy atom. The number of hydrogen-bond donors (Lipinski definition) is 5. The molecule has 86 valence electrons. The number of aromatic hydroxyl groups is 3. The molecular formula is C9H15ClN2O3. The second-order valence-corrected chi connectivity index (χ2v) is 3.05. The second kappa shape index (κ2) is 5.65. The fraction of sp³-hybridized carbons (Fsp3) is 0.333. The van der Waals surface area contributed by atoms with Crippen molar-refractivity contribution in [3.8, 4) is 17.2 Å². The zero-order chi connectivity index (χ0) is 10.7. The van der Waals surface area contributed by atoms with E-state index < -0.39 is 11.8 Å². The summed E-state index contributed by atoms with van der Waals surface area (Å²) in [7, 11) is 0. The SMILES string of the molecule is Cl.NCC[C@H](N)c1ccc(O)c(O)c1O. The van der Waals surface area contributed by atoms with E-state index in [0.717, 1.165) is 0 Å². The topological polar surface area (TPSA) is 113 Å². The van der Waals surface area contributed by atoms with Gasteiger partial charge in [-0.05, 0) is 25.1 Å². The predicted octanol–water partition coefficient (Wildman–Crippen LogP) is 0.574. The van der Waals surface area contributed by atoms with Crippen molar-refractivity contribution in [2.24, 2.45) is 11.5 Å². The molecule has 1 aromatic rings. The lowest BCUT2D eigenvalue weighted by Gasteiger charge is -2.13. The summed E-state index contributed by atoms with van der Waals surface area (Å²) in [6.07, 6.45) is 0.498. The molecule has 0 saturated carbocycles. The summed E-state index contributed by atoms with van der Waals surface area (Å²) >= 11 is 0. The summed E-state index contributed by atoms with van der Waals surface area (Å²) in [5, 5.41) is 27.7. The molecule has 0 unspecified atom stereocenters. The number of halogens is 1. The molecule has 0 aliphatic heterocycles. The van der Waals surface area contributed by atoms with Crippen LogP contribution in [0.5, 0.6) is 17.2 Å². The lowest BCUT2D eigenvalue weighted by Crippen LogP contribution is -2.15. The average molecular weight is 235 g/mol. The van der Waals surface area contributed by atoms with Crippen LogP contribution in [-0.2, 0) is 0 Å². The Kier molecular flexibility index (Phi) is 5.21. The molecule has 1 atom stereocenters. The fourth-order valence-electron chi connectivity index (χ4n) is 1.22. The molecule has 0 fully saturated rings. The van der Waals surface area contributed by atoms with Gasteiger partial charge in [-0.15, -0.1) is 12.4 Å². The van der Waals surface area contributed by atoms with Crippen LogP contribution >= 0.6 is 12.4 Å². The van der Waals surface area contributed by atoms with Crippen molar-refractivity contribution in [3.63, 3.8) is 0 Å². The Hall–Kier alpha value is -1.17. The van der Waals surface area contributed by atoms with Crippen LogP contribution in [0.2, 0.25) is 0 Å². The van der Waals surface area contributed by atoms with Gasteiger partial charge in [0.1, 0.15) is 0 Å². The summed E-state index contributed by atoms with van der Waals surface area (Å²) in [4.78, 5) is 0. The molecule has 0 aromatic heterocycles. The largest absolute Gasteiger partial charge is 0.504 e. The van der Waals surface area contributed by atoms with Gasteiger partial charge in [0, 0.05) is 11.6 Å². The summed E-state index contributed by atoms with van der Waals surface area (Å²) in [5.41, 5.74) is 11.4. The van der Waals surface area contributed by atoms with Crippen LogP contribution in [0, 0.1) is 0 Å². The molecular weight excluding hydrogens is 220 g/mol. The van der Waals surface area contributed by atoms with E-state index in [0.29, 0.717) is 18.5 Å². The van der Waals surface area contributed by atoms with E-state index in [1.807, 2.05) is 0 Å². The Morgan fingerprint density at radius 3 is 2.27 bits per heavy atom. The quantitative estimate of drug-likeness (QED) is 0.491. The van der Waals surface area contributed by atoms with Crippen LogP contribution in [0.3, 0.4) is 0 Å². The average Bonchev–Trinajstić information content (AvgIpc) is 2.15. The minimum absolute atomic E-state index is 0. The molecule has 5 nitrogen and oxygen atoms in total. The van der Waals surface area contributed by atoms with Crippen LogP contribution in [0.4, 0.5) is 0 Å². The summed E-state index contributed by atoms with van der Waals surface area (Å²) in [6, 6.07) is 2.30. The number of benzene rings is 1. The Labute approximate surface area is 93.7 Å². The van der Waals surface area contributed by atoms with Crippen molar-refractivity contribution in [2.45, 2.75) is 12.5 Å². The standard InChI is InChI=1S/C9H14N2O3.ClH/c10-4-3-6(11)5-1-2-7(12)9(14)8(5)13;/h1-2,6,12-14H,3-4,10-11H2;1H/t6-;/m0./s1. The molecule has 1 aromatic carbocycles. The van der Waals surface area contributed by atoms with Crippen LogP contribution in [-0.4, -0.2) is 21.9 Å². The van der Waals surface area contributed by atoms with Gasteiger partial charge >= 0.3 is 0 Å². The minimum atomic E-state index is -0.546. The number of hydrogen-bond acceptors (Lipinski definition) is 5. The van der Waals surface area contributed by atoms with Crippen molar-refractivity contribution in [1.29, 1.82) is 0 Å². The van der Waals surface area contributed by atoms with Crippen molar-refractivity contribution in [1.82, 2.24) is 0 Å². The molecule has 0 bridgehead atoms. The van der Waals surface area contributed by atoms with Crippen LogP contribution in [0.1, 0.15) is 18.0 Å². The van der Waals surface area contributed by atoms with Gasteiger partial charge in [0.15, 0.2) is 11.5 Å². The smallest absolute Gasteiger partial charge is 0.200 e. The van der Waals surface area contributed by atoms with E-state index in [9.17, 15) is 10.2 Å². The van der Waals surface area contributed by atoms with Gasteiger partial charge in [0.2, 0.25) is 5.75 Å². The maximum atomic E-state index is 9.44. The van der Waals surface area contributed by atoms with Gasteiger partial charge in [-0.1, -0.05) is 0 Å². The highest BCUT2D eigenvalue weighted by atomic mass is 35.5. The first-order valence-corrected chi connectivity index (χ1v) is 4.27. The van der Waals surface area contributed by atoms with Crippen molar-refractivity contribution >= 4 is 12.4 Å². The highest BCUT2D eigenvalue weighted by molar-refractivity contribution is 5.85. The maximum Gasteiger partial charge on any atom is 0.200 e. The third-order valence-corrected chi connectivity index (χ3v) is 2.04. The molecule has 0 heterocycles. The molecule has 0 saturated heterocycles. The first kappa shape index (κ1) is 13.8. The van der Waals surface area contributed by atoms with Crippen LogP contribution < -0.4 is 11.5 Å². The number of nitrogens with two attached hydrogens (primary N) is 2. The Balaban J connectivity index is 0.00000196. The van der Waals surface area contributed by atoms with Gasteiger partial charge in [0.05, 0.1) is 0 Å². The number of phenols is 3. The van der Waals surface area contributed by atoms with Gasteiger partial charge in [-0.25, -0.2) is 0 Å². The third-order valence-electron chi connectivity index (χ3n) is 2.04. The first-order valence-electron chi connectivity index (χ1n) is 4.27. The number of rotatable bonds is 3. The summed E-state index contributed by atoms with van der Waals surface area (Å²) in [5.74, 6) is -1.30. The molecule has 1 rings (SSSR count). The first-order chi connectivity index (χ1) is 6.57. The molecule has 0 aliphatic rings. The van der Waals surface area contributed by atoms with Crippen molar-refractivity contribution < 1.29 is 15.3 Å². The highest BCUT2D eigenvalue weighted by Gasteiger charge is 2.15. The normalized spacial score (nSPS) is 11.9. The van der Waals surface area contributed by atoms with Crippen molar-refractivity contribution in [2.75, 3.05) is 6.54 Å². The monoisotopic (exact) mass is 234 g/mol. The van der Waals surface area contributed by atoms with Gasteiger partial charge in [-0.3, -0.25) is 0 Å². The lowest BCUT2D eigenvalue weighted by molar-refractivity contribution is 0.362. The van der Waals surface area contributed by atoms with Gasteiger partial charge in [-0.2, -0.15) is 0 Å². The Morgan fingerprint density at radius 1 is 1.13 bits per heavy atom. The van der Waals surface area contributed by atoms with E-state index in [2.05, 4.69) is 0 Å². The van der Waals surface area contributed by atoms with E-state index >= 15 is 0 Å².